The van der Waals surface area contributed by atoms with E-state index in [1.165, 1.54) is 31.2 Å². The van der Waals surface area contributed by atoms with Crippen LogP contribution in [0, 0.1) is 0 Å². The van der Waals surface area contributed by atoms with E-state index in [2.05, 4.69) is 46.4 Å². The van der Waals surface area contributed by atoms with Crippen molar-refractivity contribution < 1.29 is 9.47 Å². The highest BCUT2D eigenvalue weighted by atomic mass is 79.9. The number of unbranched alkanes of at least 4 members (excludes halogenated alkanes) is 3. The summed E-state index contributed by atoms with van der Waals surface area (Å²) in [6, 6.07) is 14.3. The van der Waals surface area contributed by atoms with Crippen LogP contribution in [0.3, 0.4) is 0 Å². The number of halogens is 1. The molecule has 0 unspecified atom stereocenters. The number of methoxy groups -OCH3 is 1. The second-order valence-corrected chi connectivity index (χ2v) is 6.98. The van der Waals surface area contributed by atoms with Crippen LogP contribution in [0.1, 0.15) is 43.7 Å². The SMILES string of the molecule is CCCCCCNCc1cc(Br)c(OCc2ccccc2)c(OC)c1. The van der Waals surface area contributed by atoms with Crippen LogP contribution >= 0.6 is 15.9 Å². The Morgan fingerprint density at radius 2 is 1.80 bits per heavy atom. The van der Waals surface area contributed by atoms with Crippen molar-refractivity contribution in [2.24, 2.45) is 0 Å². The fourth-order valence-electron chi connectivity index (χ4n) is 2.65. The van der Waals surface area contributed by atoms with Gasteiger partial charge in [-0.25, -0.2) is 0 Å². The summed E-state index contributed by atoms with van der Waals surface area (Å²) in [5.74, 6) is 1.51. The van der Waals surface area contributed by atoms with Gasteiger partial charge in [0, 0.05) is 6.54 Å². The van der Waals surface area contributed by atoms with E-state index in [9.17, 15) is 0 Å². The normalized spacial score (nSPS) is 10.7. The molecule has 0 aliphatic rings. The molecule has 25 heavy (non-hydrogen) atoms. The minimum Gasteiger partial charge on any atom is -0.493 e. The first-order valence-corrected chi connectivity index (χ1v) is 9.77. The molecule has 0 atom stereocenters. The summed E-state index contributed by atoms with van der Waals surface area (Å²) in [6.45, 7) is 4.63. The van der Waals surface area contributed by atoms with Gasteiger partial charge in [-0.2, -0.15) is 0 Å². The summed E-state index contributed by atoms with van der Waals surface area (Å²) in [4.78, 5) is 0. The van der Waals surface area contributed by atoms with Crippen molar-refractivity contribution in [2.45, 2.75) is 45.8 Å². The fraction of sp³-hybridized carbons (Fsp3) is 0.429. The van der Waals surface area contributed by atoms with E-state index in [1.807, 2.05) is 24.3 Å². The standard InChI is InChI=1S/C21H28BrNO2/c1-3-4-5-9-12-23-15-18-13-19(22)21(20(14-18)24-2)25-16-17-10-7-6-8-11-17/h6-8,10-11,13-14,23H,3-5,9,12,15-16H2,1-2H3. The van der Waals surface area contributed by atoms with E-state index in [-0.39, 0.29) is 0 Å². The van der Waals surface area contributed by atoms with Gasteiger partial charge in [0.1, 0.15) is 6.61 Å². The second-order valence-electron chi connectivity index (χ2n) is 6.12. The maximum Gasteiger partial charge on any atom is 0.175 e. The molecule has 3 nitrogen and oxygen atoms in total. The van der Waals surface area contributed by atoms with Crippen molar-refractivity contribution in [3.63, 3.8) is 0 Å². The Morgan fingerprint density at radius 3 is 2.52 bits per heavy atom. The molecule has 1 N–H and O–H groups in total. The van der Waals surface area contributed by atoms with Gasteiger partial charge >= 0.3 is 0 Å². The molecule has 2 rings (SSSR count). The van der Waals surface area contributed by atoms with Gasteiger partial charge in [0.25, 0.3) is 0 Å². The highest BCUT2D eigenvalue weighted by Crippen LogP contribution is 2.37. The first-order valence-electron chi connectivity index (χ1n) is 8.98. The van der Waals surface area contributed by atoms with Crippen molar-refractivity contribution in [2.75, 3.05) is 13.7 Å². The molecular weight excluding hydrogens is 378 g/mol. The monoisotopic (exact) mass is 405 g/mol. The molecule has 2 aromatic rings. The molecule has 0 aliphatic carbocycles. The predicted octanol–water partition coefficient (Wildman–Crippen LogP) is 5.71. The summed E-state index contributed by atoms with van der Waals surface area (Å²) >= 11 is 3.62. The highest BCUT2D eigenvalue weighted by Gasteiger charge is 2.12. The second kappa shape index (κ2) is 11.2. The van der Waals surface area contributed by atoms with Crippen molar-refractivity contribution in [3.05, 3.63) is 58.1 Å². The zero-order valence-corrected chi connectivity index (χ0v) is 16.8. The molecule has 0 saturated heterocycles. The van der Waals surface area contributed by atoms with Gasteiger partial charge in [0.2, 0.25) is 0 Å². The summed E-state index contributed by atoms with van der Waals surface area (Å²) in [7, 11) is 1.68. The zero-order chi connectivity index (χ0) is 17.9. The highest BCUT2D eigenvalue weighted by molar-refractivity contribution is 9.10. The van der Waals surface area contributed by atoms with Crippen LogP contribution in [-0.4, -0.2) is 13.7 Å². The molecule has 0 fully saturated rings. The van der Waals surface area contributed by atoms with Gasteiger partial charge in [-0.05, 0) is 52.2 Å². The Hall–Kier alpha value is -1.52. The molecule has 0 radical (unpaired) electrons. The average molecular weight is 406 g/mol. The predicted molar refractivity (Wildman–Crippen MR) is 107 cm³/mol. The molecule has 0 amide bonds. The maximum atomic E-state index is 5.98. The first-order chi connectivity index (χ1) is 12.2. The Bertz CT molecular complexity index is 631. The lowest BCUT2D eigenvalue weighted by atomic mass is 10.2. The molecule has 136 valence electrons. The van der Waals surface area contributed by atoms with Crippen molar-refractivity contribution in [1.29, 1.82) is 0 Å². The smallest absolute Gasteiger partial charge is 0.175 e. The number of ether oxygens (including phenoxy) is 2. The van der Waals surface area contributed by atoms with Crippen LogP contribution in [0.2, 0.25) is 0 Å². The van der Waals surface area contributed by atoms with Crippen molar-refractivity contribution in [3.8, 4) is 11.5 Å². The number of rotatable bonds is 11. The van der Waals surface area contributed by atoms with Crippen molar-refractivity contribution >= 4 is 15.9 Å². The van der Waals surface area contributed by atoms with Gasteiger partial charge in [0.15, 0.2) is 11.5 Å². The van der Waals surface area contributed by atoms with Crippen molar-refractivity contribution in [1.82, 2.24) is 5.32 Å². The average Bonchev–Trinajstić information content (AvgIpc) is 2.64. The van der Waals surface area contributed by atoms with Gasteiger partial charge < -0.3 is 14.8 Å². The third-order valence-electron chi connectivity index (χ3n) is 4.05. The van der Waals surface area contributed by atoms with Crippen LogP contribution in [0.15, 0.2) is 46.9 Å². The Morgan fingerprint density at radius 1 is 1.00 bits per heavy atom. The zero-order valence-electron chi connectivity index (χ0n) is 15.2. The van der Waals surface area contributed by atoms with E-state index < -0.39 is 0 Å². The summed E-state index contributed by atoms with van der Waals surface area (Å²) in [5, 5.41) is 3.50. The number of hydrogen-bond acceptors (Lipinski definition) is 3. The van der Waals surface area contributed by atoms with Gasteiger partial charge in [0.05, 0.1) is 11.6 Å². The Balaban J connectivity index is 1.92. The van der Waals surface area contributed by atoms with Crippen LogP contribution in [0.25, 0.3) is 0 Å². The minimum atomic E-state index is 0.519. The number of nitrogens with one attached hydrogen (secondary N) is 1. The first kappa shape index (κ1) is 19.8. The van der Waals surface area contributed by atoms with Crippen LogP contribution in [0.5, 0.6) is 11.5 Å². The Labute approximate surface area is 159 Å². The molecule has 0 bridgehead atoms. The molecule has 2 aromatic carbocycles. The lowest BCUT2D eigenvalue weighted by Crippen LogP contribution is -2.14. The summed E-state index contributed by atoms with van der Waals surface area (Å²) in [5.41, 5.74) is 2.32. The summed E-state index contributed by atoms with van der Waals surface area (Å²) in [6.07, 6.45) is 5.11. The van der Waals surface area contributed by atoms with Crippen LogP contribution in [0.4, 0.5) is 0 Å². The maximum absolute atomic E-state index is 5.98. The molecule has 0 aromatic heterocycles. The molecular formula is C21H28BrNO2. The van der Waals surface area contributed by atoms with Crippen LogP contribution in [-0.2, 0) is 13.2 Å². The third kappa shape index (κ3) is 6.71. The van der Waals surface area contributed by atoms with Crippen LogP contribution < -0.4 is 14.8 Å². The lowest BCUT2D eigenvalue weighted by molar-refractivity contribution is 0.282. The van der Waals surface area contributed by atoms with Gasteiger partial charge in [-0.15, -0.1) is 0 Å². The number of benzene rings is 2. The Kier molecular flexibility index (Phi) is 8.84. The van der Waals surface area contributed by atoms with E-state index in [1.54, 1.807) is 7.11 Å². The minimum absolute atomic E-state index is 0.519. The third-order valence-corrected chi connectivity index (χ3v) is 4.64. The van der Waals surface area contributed by atoms with E-state index in [4.69, 9.17) is 9.47 Å². The quantitative estimate of drug-likeness (QED) is 0.485. The molecule has 0 saturated carbocycles. The number of hydrogen-bond donors (Lipinski definition) is 1. The molecule has 0 spiro atoms. The van der Waals surface area contributed by atoms with E-state index in [0.717, 1.165) is 34.6 Å². The molecule has 0 aliphatic heterocycles. The molecule has 4 heteroatoms. The van der Waals surface area contributed by atoms with Gasteiger partial charge in [-0.3, -0.25) is 0 Å². The topological polar surface area (TPSA) is 30.5 Å². The van der Waals surface area contributed by atoms with E-state index >= 15 is 0 Å². The fourth-order valence-corrected chi connectivity index (χ4v) is 3.26. The molecule has 0 heterocycles. The lowest BCUT2D eigenvalue weighted by Gasteiger charge is -2.15. The largest absolute Gasteiger partial charge is 0.493 e. The summed E-state index contributed by atoms with van der Waals surface area (Å²) < 4.78 is 12.4. The van der Waals surface area contributed by atoms with Gasteiger partial charge in [-0.1, -0.05) is 56.5 Å². The van der Waals surface area contributed by atoms with E-state index in [0.29, 0.717) is 6.61 Å².